The fourth-order valence-corrected chi connectivity index (χ4v) is 3.67. The third-order valence-corrected chi connectivity index (χ3v) is 5.06. The van der Waals surface area contributed by atoms with E-state index in [1.54, 1.807) is 10.6 Å². The quantitative estimate of drug-likeness (QED) is 0.755. The number of hydrogen-bond acceptors (Lipinski definition) is 3. The van der Waals surface area contributed by atoms with E-state index in [1.807, 2.05) is 36.4 Å². The van der Waals surface area contributed by atoms with Crippen molar-refractivity contribution in [2.24, 2.45) is 0 Å². The first kappa shape index (κ1) is 17.7. The van der Waals surface area contributed by atoms with Crippen molar-refractivity contribution < 1.29 is 4.39 Å². The van der Waals surface area contributed by atoms with Gasteiger partial charge >= 0.3 is 5.69 Å². The molecule has 0 amide bonds. The molecule has 1 fully saturated rings. The van der Waals surface area contributed by atoms with Crippen molar-refractivity contribution >= 4 is 0 Å². The second-order valence-electron chi connectivity index (χ2n) is 7.02. The van der Waals surface area contributed by atoms with Crippen LogP contribution in [-0.2, 0) is 13.1 Å². The number of nitrogens with zero attached hydrogens (tertiary/aromatic N) is 3. The van der Waals surface area contributed by atoms with E-state index >= 15 is 0 Å². The third-order valence-electron chi connectivity index (χ3n) is 5.06. The molecule has 27 heavy (non-hydrogen) atoms. The first-order chi connectivity index (χ1) is 13.2. The Labute approximate surface area is 157 Å². The summed E-state index contributed by atoms with van der Waals surface area (Å²) in [6.45, 7) is 2.64. The molecule has 1 N–H and O–H groups in total. The Morgan fingerprint density at radius 1 is 1.00 bits per heavy atom. The molecule has 1 aliphatic rings. The molecule has 0 aliphatic carbocycles. The van der Waals surface area contributed by atoms with Crippen LogP contribution in [-0.4, -0.2) is 27.4 Å². The van der Waals surface area contributed by atoms with Gasteiger partial charge in [-0.1, -0.05) is 42.5 Å². The fraction of sp³-hybridized carbons (Fsp3) is 0.333. The molecule has 1 aromatic heterocycles. The van der Waals surface area contributed by atoms with Gasteiger partial charge in [0.15, 0.2) is 0 Å². The van der Waals surface area contributed by atoms with Crippen molar-refractivity contribution in [3.63, 3.8) is 0 Å². The molecule has 0 bridgehead atoms. The standard InChI is InChI=1S/C21H23FN4O/c22-19-8-4-7-17(13-19)15-26-21(27)25(14-16-5-2-1-3-6-16)20(24-26)18-9-11-23-12-10-18/h1-8,13,18,23H,9-12,14-15H2. The van der Waals surface area contributed by atoms with Gasteiger partial charge in [-0.05, 0) is 49.2 Å². The minimum atomic E-state index is -0.303. The van der Waals surface area contributed by atoms with Crippen LogP contribution >= 0.6 is 0 Å². The Morgan fingerprint density at radius 3 is 2.48 bits per heavy atom. The van der Waals surface area contributed by atoms with E-state index in [0.717, 1.165) is 42.9 Å². The average Bonchev–Trinajstić information content (AvgIpc) is 2.99. The van der Waals surface area contributed by atoms with Gasteiger partial charge in [0, 0.05) is 5.92 Å². The minimum Gasteiger partial charge on any atom is -0.317 e. The molecule has 6 heteroatoms. The summed E-state index contributed by atoms with van der Waals surface area (Å²) < 4.78 is 16.8. The van der Waals surface area contributed by atoms with Crippen molar-refractivity contribution in [1.82, 2.24) is 19.7 Å². The summed E-state index contributed by atoms with van der Waals surface area (Å²) in [5.74, 6) is 0.793. The zero-order chi connectivity index (χ0) is 18.6. The predicted molar refractivity (Wildman–Crippen MR) is 102 cm³/mol. The zero-order valence-electron chi connectivity index (χ0n) is 15.1. The highest BCUT2D eigenvalue weighted by Gasteiger charge is 2.24. The SMILES string of the molecule is O=c1n(Cc2cccc(F)c2)nc(C2CCNCC2)n1Cc1ccccc1. The van der Waals surface area contributed by atoms with Crippen LogP contribution in [0.2, 0.25) is 0 Å². The lowest BCUT2D eigenvalue weighted by molar-refractivity contribution is 0.430. The predicted octanol–water partition coefficient (Wildman–Crippen LogP) is 2.75. The van der Waals surface area contributed by atoms with E-state index in [-0.39, 0.29) is 24.0 Å². The maximum absolute atomic E-state index is 13.5. The summed E-state index contributed by atoms with van der Waals surface area (Å²) in [7, 11) is 0. The van der Waals surface area contributed by atoms with Crippen molar-refractivity contribution in [2.75, 3.05) is 13.1 Å². The van der Waals surface area contributed by atoms with E-state index in [9.17, 15) is 9.18 Å². The highest BCUT2D eigenvalue weighted by molar-refractivity contribution is 5.18. The summed E-state index contributed by atoms with van der Waals surface area (Å²) in [4.78, 5) is 13.1. The van der Waals surface area contributed by atoms with E-state index < -0.39 is 0 Å². The molecule has 1 aliphatic heterocycles. The summed E-state index contributed by atoms with van der Waals surface area (Å²) in [5.41, 5.74) is 1.66. The van der Waals surface area contributed by atoms with Gasteiger partial charge in [-0.25, -0.2) is 13.9 Å². The lowest BCUT2D eigenvalue weighted by Gasteiger charge is -2.22. The van der Waals surface area contributed by atoms with E-state index in [1.165, 1.54) is 16.8 Å². The normalized spacial score (nSPS) is 15.1. The van der Waals surface area contributed by atoms with Crippen LogP contribution in [0, 0.1) is 5.82 Å². The molecule has 4 rings (SSSR count). The topological polar surface area (TPSA) is 51.9 Å². The molecule has 0 radical (unpaired) electrons. The Balaban J connectivity index is 1.70. The lowest BCUT2D eigenvalue weighted by Crippen LogP contribution is -2.30. The van der Waals surface area contributed by atoms with Crippen LogP contribution in [0.4, 0.5) is 4.39 Å². The number of piperidine rings is 1. The molecule has 0 atom stereocenters. The van der Waals surface area contributed by atoms with Gasteiger partial charge < -0.3 is 5.32 Å². The molecule has 0 saturated carbocycles. The van der Waals surface area contributed by atoms with Gasteiger partial charge in [0.2, 0.25) is 0 Å². The smallest absolute Gasteiger partial charge is 0.317 e. The molecule has 0 unspecified atom stereocenters. The summed E-state index contributed by atoms with van der Waals surface area (Å²) in [5, 5.41) is 8.03. The molecule has 0 spiro atoms. The zero-order valence-corrected chi connectivity index (χ0v) is 15.1. The number of rotatable bonds is 5. The Bertz CT molecular complexity index is 958. The molecule has 2 heterocycles. The highest BCUT2D eigenvalue weighted by Crippen LogP contribution is 2.23. The average molecular weight is 366 g/mol. The summed E-state index contributed by atoms with van der Waals surface area (Å²) in [6.07, 6.45) is 1.93. The summed E-state index contributed by atoms with van der Waals surface area (Å²) >= 11 is 0. The molecular formula is C21H23FN4O. The third kappa shape index (κ3) is 4.01. The van der Waals surface area contributed by atoms with Gasteiger partial charge in [0.05, 0.1) is 13.1 Å². The minimum absolute atomic E-state index is 0.142. The highest BCUT2D eigenvalue weighted by atomic mass is 19.1. The number of halogens is 1. The molecule has 3 aromatic rings. The molecule has 5 nitrogen and oxygen atoms in total. The Hall–Kier alpha value is -2.73. The lowest BCUT2D eigenvalue weighted by atomic mass is 9.97. The molecular weight excluding hydrogens is 343 g/mol. The Morgan fingerprint density at radius 2 is 1.74 bits per heavy atom. The fourth-order valence-electron chi connectivity index (χ4n) is 3.67. The second-order valence-corrected chi connectivity index (χ2v) is 7.02. The largest absolute Gasteiger partial charge is 0.346 e. The molecule has 2 aromatic carbocycles. The summed E-state index contributed by atoms with van der Waals surface area (Å²) in [6, 6.07) is 16.3. The van der Waals surface area contributed by atoms with E-state index in [0.29, 0.717) is 6.54 Å². The maximum Gasteiger partial charge on any atom is 0.346 e. The number of benzene rings is 2. The van der Waals surface area contributed by atoms with E-state index in [2.05, 4.69) is 10.4 Å². The monoisotopic (exact) mass is 366 g/mol. The molecule has 1 saturated heterocycles. The van der Waals surface area contributed by atoms with Crippen LogP contribution in [0.25, 0.3) is 0 Å². The van der Waals surface area contributed by atoms with Crippen molar-refractivity contribution in [2.45, 2.75) is 31.8 Å². The second kappa shape index (κ2) is 7.88. The molecule has 140 valence electrons. The van der Waals surface area contributed by atoms with Crippen LogP contribution in [0.1, 0.15) is 35.7 Å². The van der Waals surface area contributed by atoms with Crippen molar-refractivity contribution in [3.05, 3.63) is 87.9 Å². The van der Waals surface area contributed by atoms with Crippen LogP contribution in [0.5, 0.6) is 0 Å². The van der Waals surface area contributed by atoms with Crippen molar-refractivity contribution in [3.8, 4) is 0 Å². The van der Waals surface area contributed by atoms with Crippen LogP contribution < -0.4 is 11.0 Å². The number of hydrogen-bond donors (Lipinski definition) is 1. The van der Waals surface area contributed by atoms with Gasteiger partial charge in [0.1, 0.15) is 11.6 Å². The first-order valence-electron chi connectivity index (χ1n) is 9.37. The van der Waals surface area contributed by atoms with Gasteiger partial charge in [0.25, 0.3) is 0 Å². The van der Waals surface area contributed by atoms with Gasteiger partial charge in [-0.3, -0.25) is 4.57 Å². The van der Waals surface area contributed by atoms with Gasteiger partial charge in [-0.2, -0.15) is 5.10 Å². The van der Waals surface area contributed by atoms with Crippen LogP contribution in [0.3, 0.4) is 0 Å². The van der Waals surface area contributed by atoms with Gasteiger partial charge in [-0.15, -0.1) is 0 Å². The van der Waals surface area contributed by atoms with Crippen LogP contribution in [0.15, 0.2) is 59.4 Å². The van der Waals surface area contributed by atoms with Crippen molar-refractivity contribution in [1.29, 1.82) is 0 Å². The number of nitrogens with one attached hydrogen (secondary N) is 1. The number of aromatic nitrogens is 3. The van der Waals surface area contributed by atoms with E-state index in [4.69, 9.17) is 0 Å². The Kier molecular flexibility index (Phi) is 5.16. The first-order valence-corrected chi connectivity index (χ1v) is 9.37. The maximum atomic E-state index is 13.5.